The summed E-state index contributed by atoms with van der Waals surface area (Å²) in [6, 6.07) is 7.70. The highest BCUT2D eigenvalue weighted by molar-refractivity contribution is 8.01. The van der Waals surface area contributed by atoms with Gasteiger partial charge in [-0.1, -0.05) is 69.9 Å². The zero-order valence-electron chi connectivity index (χ0n) is 14.2. The van der Waals surface area contributed by atoms with E-state index in [-0.39, 0.29) is 11.3 Å². The third-order valence-corrected chi connectivity index (χ3v) is 5.71. The van der Waals surface area contributed by atoms with Gasteiger partial charge in [-0.3, -0.25) is 10.1 Å². The van der Waals surface area contributed by atoms with Crippen molar-refractivity contribution in [3.8, 4) is 0 Å². The minimum atomic E-state index is -0.151. The van der Waals surface area contributed by atoms with Gasteiger partial charge in [0.25, 0.3) is 5.91 Å². The highest BCUT2D eigenvalue weighted by Gasteiger charge is 2.15. The fourth-order valence-electron chi connectivity index (χ4n) is 1.85. The lowest BCUT2D eigenvalue weighted by atomic mass is 9.87. The Labute approximate surface area is 146 Å². The molecular weight excluding hydrogens is 326 g/mol. The van der Waals surface area contributed by atoms with Crippen LogP contribution in [0.15, 0.2) is 28.6 Å². The van der Waals surface area contributed by atoms with Gasteiger partial charge in [0.1, 0.15) is 0 Å². The molecule has 1 amide bonds. The quantitative estimate of drug-likeness (QED) is 0.611. The van der Waals surface area contributed by atoms with Gasteiger partial charge < -0.3 is 0 Å². The van der Waals surface area contributed by atoms with Gasteiger partial charge in [0.2, 0.25) is 5.13 Å². The zero-order valence-corrected chi connectivity index (χ0v) is 15.8. The van der Waals surface area contributed by atoms with E-state index in [4.69, 9.17) is 0 Å². The summed E-state index contributed by atoms with van der Waals surface area (Å²) in [4.78, 5) is 12.3. The average Bonchev–Trinajstić information content (AvgIpc) is 2.93. The Balaban J connectivity index is 2.02. The Kier molecular flexibility index (Phi) is 5.81. The van der Waals surface area contributed by atoms with Crippen molar-refractivity contribution in [3.05, 3.63) is 35.4 Å². The van der Waals surface area contributed by atoms with Gasteiger partial charge in [0, 0.05) is 10.8 Å². The largest absolute Gasteiger partial charge is 0.296 e. The van der Waals surface area contributed by atoms with Gasteiger partial charge in [-0.2, -0.15) is 0 Å². The molecule has 0 aliphatic rings. The summed E-state index contributed by atoms with van der Waals surface area (Å²) in [7, 11) is 0. The number of nitrogens with one attached hydrogen (secondary N) is 1. The molecule has 1 heterocycles. The number of rotatable bonds is 5. The first-order valence-corrected chi connectivity index (χ1v) is 9.41. The molecule has 23 heavy (non-hydrogen) atoms. The molecule has 1 N–H and O–H groups in total. The molecule has 2 aromatic rings. The van der Waals surface area contributed by atoms with E-state index in [0.717, 1.165) is 10.8 Å². The molecule has 0 saturated heterocycles. The van der Waals surface area contributed by atoms with Crippen LogP contribution >= 0.6 is 23.1 Å². The van der Waals surface area contributed by atoms with Gasteiger partial charge in [-0.15, -0.1) is 10.2 Å². The molecule has 6 heteroatoms. The molecule has 0 aliphatic carbocycles. The summed E-state index contributed by atoms with van der Waals surface area (Å²) in [5.41, 5.74) is 1.91. The second-order valence-electron chi connectivity index (χ2n) is 6.49. The molecule has 2 rings (SSSR count). The van der Waals surface area contributed by atoms with Crippen LogP contribution in [-0.4, -0.2) is 21.4 Å². The zero-order chi connectivity index (χ0) is 17.0. The molecule has 124 valence electrons. The van der Waals surface area contributed by atoms with Crippen LogP contribution in [0.2, 0.25) is 0 Å². The predicted octanol–water partition coefficient (Wildman–Crippen LogP) is 4.98. The number of thioether (sulfide) groups is 1. The van der Waals surface area contributed by atoms with Gasteiger partial charge in [0.15, 0.2) is 4.34 Å². The molecular formula is C17H23N3OS2. The molecule has 1 unspecified atom stereocenters. The smallest absolute Gasteiger partial charge is 0.257 e. The van der Waals surface area contributed by atoms with E-state index in [9.17, 15) is 4.79 Å². The van der Waals surface area contributed by atoms with Crippen LogP contribution in [0, 0.1) is 0 Å². The average molecular weight is 350 g/mol. The number of anilines is 1. The van der Waals surface area contributed by atoms with Crippen molar-refractivity contribution in [1.29, 1.82) is 0 Å². The topological polar surface area (TPSA) is 54.9 Å². The number of hydrogen-bond acceptors (Lipinski definition) is 5. The minimum Gasteiger partial charge on any atom is -0.296 e. The Morgan fingerprint density at radius 1 is 1.26 bits per heavy atom. The van der Waals surface area contributed by atoms with E-state index in [2.05, 4.69) is 50.1 Å². The SMILES string of the molecule is CCC(C)Sc1nnc(NC(=O)c2ccc(C(C)(C)C)cc2)s1. The monoisotopic (exact) mass is 349 g/mol. The molecule has 0 spiro atoms. The summed E-state index contributed by atoms with van der Waals surface area (Å²) in [5.74, 6) is -0.151. The number of carbonyl (C=O) groups excluding carboxylic acids is 1. The number of hydrogen-bond donors (Lipinski definition) is 1. The summed E-state index contributed by atoms with van der Waals surface area (Å²) >= 11 is 3.10. The van der Waals surface area contributed by atoms with Crippen LogP contribution in [0.5, 0.6) is 0 Å². The Bertz CT molecular complexity index is 659. The third kappa shape index (κ3) is 5.04. The van der Waals surface area contributed by atoms with Gasteiger partial charge in [0.05, 0.1) is 0 Å². The lowest BCUT2D eigenvalue weighted by Crippen LogP contribution is -2.14. The highest BCUT2D eigenvalue weighted by atomic mass is 32.2. The standard InChI is InChI=1S/C17H23N3OS2/c1-6-11(2)22-16-20-19-15(23-16)18-14(21)12-7-9-13(10-8-12)17(3,4)5/h7-11H,6H2,1-5H3,(H,18,19,21). The van der Waals surface area contributed by atoms with Crippen molar-refractivity contribution in [1.82, 2.24) is 10.2 Å². The number of benzene rings is 1. The van der Waals surface area contributed by atoms with Crippen LogP contribution < -0.4 is 5.32 Å². The molecule has 4 nitrogen and oxygen atoms in total. The molecule has 0 bridgehead atoms. The van der Waals surface area contributed by atoms with Gasteiger partial charge in [-0.05, 0) is 29.5 Å². The van der Waals surface area contributed by atoms with E-state index in [1.165, 1.54) is 16.9 Å². The summed E-state index contributed by atoms with van der Waals surface area (Å²) in [6.45, 7) is 10.8. The fraction of sp³-hybridized carbons (Fsp3) is 0.471. The third-order valence-electron chi connectivity index (χ3n) is 3.52. The second kappa shape index (κ2) is 7.45. The van der Waals surface area contributed by atoms with Crippen LogP contribution in [0.1, 0.15) is 57.0 Å². The number of nitrogens with zero attached hydrogens (tertiary/aromatic N) is 2. The number of amides is 1. The Morgan fingerprint density at radius 3 is 2.48 bits per heavy atom. The fourth-order valence-corrected chi connectivity index (χ4v) is 3.85. The lowest BCUT2D eigenvalue weighted by molar-refractivity contribution is 0.102. The van der Waals surface area contributed by atoms with Crippen molar-refractivity contribution in [2.75, 3.05) is 5.32 Å². The summed E-state index contributed by atoms with van der Waals surface area (Å²) < 4.78 is 0.887. The maximum absolute atomic E-state index is 12.3. The van der Waals surface area contributed by atoms with Crippen LogP contribution in [0.25, 0.3) is 0 Å². The van der Waals surface area contributed by atoms with Crippen molar-refractivity contribution < 1.29 is 4.79 Å². The number of aromatic nitrogens is 2. The first kappa shape index (κ1) is 17.9. The molecule has 1 aromatic carbocycles. The Hall–Kier alpha value is -1.40. The van der Waals surface area contributed by atoms with Crippen LogP contribution in [-0.2, 0) is 5.41 Å². The van der Waals surface area contributed by atoms with Crippen molar-refractivity contribution >= 4 is 34.1 Å². The van der Waals surface area contributed by atoms with Crippen molar-refractivity contribution in [2.24, 2.45) is 0 Å². The Morgan fingerprint density at radius 2 is 1.91 bits per heavy atom. The lowest BCUT2D eigenvalue weighted by Gasteiger charge is -2.18. The molecule has 0 aliphatic heterocycles. The van der Waals surface area contributed by atoms with E-state index in [0.29, 0.717) is 15.9 Å². The van der Waals surface area contributed by atoms with Gasteiger partial charge in [-0.25, -0.2) is 0 Å². The molecule has 0 saturated carbocycles. The number of carbonyl (C=O) groups is 1. The maximum Gasteiger partial charge on any atom is 0.257 e. The van der Waals surface area contributed by atoms with Crippen molar-refractivity contribution in [2.45, 2.75) is 56.0 Å². The molecule has 1 aromatic heterocycles. The van der Waals surface area contributed by atoms with E-state index in [1.54, 1.807) is 11.8 Å². The van der Waals surface area contributed by atoms with Crippen molar-refractivity contribution in [3.63, 3.8) is 0 Å². The summed E-state index contributed by atoms with van der Waals surface area (Å²) in [5, 5.41) is 12.0. The van der Waals surface area contributed by atoms with E-state index < -0.39 is 0 Å². The first-order valence-electron chi connectivity index (χ1n) is 7.71. The van der Waals surface area contributed by atoms with Crippen LogP contribution in [0.4, 0.5) is 5.13 Å². The molecule has 0 radical (unpaired) electrons. The van der Waals surface area contributed by atoms with E-state index in [1.807, 2.05) is 24.3 Å². The molecule has 1 atom stereocenters. The van der Waals surface area contributed by atoms with E-state index >= 15 is 0 Å². The molecule has 0 fully saturated rings. The van der Waals surface area contributed by atoms with Crippen LogP contribution in [0.3, 0.4) is 0 Å². The maximum atomic E-state index is 12.3. The predicted molar refractivity (Wildman–Crippen MR) is 98.6 cm³/mol. The minimum absolute atomic E-state index is 0.0797. The normalized spacial score (nSPS) is 12.9. The highest BCUT2D eigenvalue weighted by Crippen LogP contribution is 2.30. The summed E-state index contributed by atoms with van der Waals surface area (Å²) in [6.07, 6.45) is 1.08. The second-order valence-corrected chi connectivity index (χ2v) is 9.15. The first-order chi connectivity index (χ1) is 10.8. The van der Waals surface area contributed by atoms with Gasteiger partial charge >= 0.3 is 0 Å².